The number of hydrogen-bond donors (Lipinski definition) is 1. The summed E-state index contributed by atoms with van der Waals surface area (Å²) in [5, 5.41) is 0. The van der Waals surface area contributed by atoms with Crippen LogP contribution in [0.1, 0.15) is 15.9 Å². The first-order chi connectivity index (χ1) is 9.08. The molecule has 19 heavy (non-hydrogen) atoms. The van der Waals surface area contributed by atoms with Gasteiger partial charge in [0.2, 0.25) is 5.91 Å². The fraction of sp³-hybridized carbons (Fsp3) is 0.429. The lowest BCUT2D eigenvalue weighted by Gasteiger charge is -2.32. The number of ketones is 1. The summed E-state index contributed by atoms with van der Waals surface area (Å²) in [6.07, 6.45) is 0. The molecule has 5 heteroatoms. The molecular weight excluding hydrogens is 244 g/mol. The highest BCUT2D eigenvalue weighted by Gasteiger charge is 2.29. The predicted molar refractivity (Wildman–Crippen MR) is 70.9 cm³/mol. The van der Waals surface area contributed by atoms with E-state index in [2.05, 4.69) is 0 Å². The smallest absolute Gasteiger partial charge is 0.237 e. The summed E-state index contributed by atoms with van der Waals surface area (Å²) in [4.78, 5) is 25.3. The van der Waals surface area contributed by atoms with Gasteiger partial charge >= 0.3 is 0 Å². The molecule has 2 rings (SSSR count). The van der Waals surface area contributed by atoms with Crippen LogP contribution in [0.5, 0.6) is 0 Å². The van der Waals surface area contributed by atoms with Gasteiger partial charge in [-0.3, -0.25) is 14.5 Å². The van der Waals surface area contributed by atoms with E-state index in [1.165, 1.54) is 0 Å². The maximum Gasteiger partial charge on any atom is 0.237 e. The summed E-state index contributed by atoms with van der Waals surface area (Å²) < 4.78 is 5.23. The Hall–Kier alpha value is -1.72. The number of benzene rings is 1. The summed E-state index contributed by atoms with van der Waals surface area (Å²) in [5.74, 6) is -0.450. The highest BCUT2D eigenvalue weighted by atomic mass is 16.5. The van der Waals surface area contributed by atoms with E-state index in [0.717, 1.165) is 5.56 Å². The lowest BCUT2D eigenvalue weighted by Crippen LogP contribution is -2.53. The zero-order valence-corrected chi connectivity index (χ0v) is 11.0. The number of Topliss-reactive ketones (excluding diaryl/α,β-unsaturated/α-hetero) is 1. The Morgan fingerprint density at radius 1 is 1.47 bits per heavy atom. The first kappa shape index (κ1) is 13.7. The van der Waals surface area contributed by atoms with Crippen molar-refractivity contribution >= 4 is 11.7 Å². The molecule has 0 spiro atoms. The second-order valence-electron chi connectivity index (χ2n) is 4.76. The minimum Gasteiger partial charge on any atom is -0.378 e. The average Bonchev–Trinajstić information content (AvgIpc) is 2.39. The number of carbonyl (C=O) groups excluding carboxylic acids is 2. The third-order valence-corrected chi connectivity index (χ3v) is 3.25. The van der Waals surface area contributed by atoms with Gasteiger partial charge in [0.1, 0.15) is 6.04 Å². The number of primary amides is 1. The molecule has 1 saturated heterocycles. The number of amides is 1. The van der Waals surface area contributed by atoms with E-state index in [-0.39, 0.29) is 18.9 Å². The van der Waals surface area contributed by atoms with Gasteiger partial charge in [-0.1, -0.05) is 23.8 Å². The lowest BCUT2D eigenvalue weighted by molar-refractivity contribution is -0.128. The van der Waals surface area contributed by atoms with Crippen LogP contribution in [0.4, 0.5) is 0 Å². The number of nitrogens with two attached hydrogens (primary N) is 1. The molecule has 1 aliphatic heterocycles. The van der Waals surface area contributed by atoms with E-state index in [1.807, 2.05) is 25.1 Å². The Labute approximate surface area is 112 Å². The van der Waals surface area contributed by atoms with Crippen LogP contribution in [0, 0.1) is 6.92 Å². The molecule has 2 N–H and O–H groups in total. The standard InChI is InChI=1S/C14H18N2O3/c1-10-3-2-4-11(7-10)13(17)8-16-5-6-19-9-12(16)14(15)18/h2-4,7,12H,5-6,8-9H2,1H3,(H2,15,18). The predicted octanol–water partition coefficient (Wildman–Crippen LogP) is 0.364. The summed E-state index contributed by atoms with van der Waals surface area (Å²) in [6, 6.07) is 6.92. The van der Waals surface area contributed by atoms with Crippen molar-refractivity contribution in [2.45, 2.75) is 13.0 Å². The number of hydrogen-bond acceptors (Lipinski definition) is 4. The van der Waals surface area contributed by atoms with Crippen molar-refractivity contribution < 1.29 is 14.3 Å². The zero-order chi connectivity index (χ0) is 13.8. The molecule has 0 aromatic heterocycles. The Bertz CT molecular complexity index is 487. The molecule has 1 heterocycles. The zero-order valence-electron chi connectivity index (χ0n) is 11.0. The topological polar surface area (TPSA) is 72.6 Å². The number of carbonyl (C=O) groups is 2. The SMILES string of the molecule is Cc1cccc(C(=O)CN2CCOCC2C(N)=O)c1. The van der Waals surface area contributed by atoms with E-state index in [0.29, 0.717) is 18.7 Å². The van der Waals surface area contributed by atoms with Crippen molar-refractivity contribution in [1.82, 2.24) is 4.90 Å². The van der Waals surface area contributed by atoms with Gasteiger partial charge in [0.15, 0.2) is 5.78 Å². The van der Waals surface area contributed by atoms with Crippen LogP contribution in [0.2, 0.25) is 0 Å². The van der Waals surface area contributed by atoms with Gasteiger partial charge in [-0.25, -0.2) is 0 Å². The number of nitrogens with zero attached hydrogens (tertiary/aromatic N) is 1. The molecule has 102 valence electrons. The van der Waals surface area contributed by atoms with Gasteiger partial charge in [-0.15, -0.1) is 0 Å². The highest BCUT2D eigenvalue weighted by Crippen LogP contribution is 2.10. The van der Waals surface area contributed by atoms with Gasteiger partial charge in [-0.2, -0.15) is 0 Å². The highest BCUT2D eigenvalue weighted by molar-refractivity contribution is 5.98. The van der Waals surface area contributed by atoms with Crippen molar-refractivity contribution in [1.29, 1.82) is 0 Å². The van der Waals surface area contributed by atoms with E-state index >= 15 is 0 Å². The van der Waals surface area contributed by atoms with Crippen LogP contribution in [-0.4, -0.2) is 48.9 Å². The van der Waals surface area contributed by atoms with Crippen LogP contribution in [0.15, 0.2) is 24.3 Å². The minimum atomic E-state index is -0.512. The lowest BCUT2D eigenvalue weighted by atomic mass is 10.1. The van der Waals surface area contributed by atoms with Gasteiger partial charge in [0, 0.05) is 12.1 Å². The summed E-state index contributed by atoms with van der Waals surface area (Å²) in [7, 11) is 0. The largest absolute Gasteiger partial charge is 0.378 e. The number of ether oxygens (including phenoxy) is 1. The van der Waals surface area contributed by atoms with Gasteiger partial charge in [-0.05, 0) is 13.0 Å². The molecule has 1 aliphatic rings. The van der Waals surface area contributed by atoms with E-state index in [1.54, 1.807) is 11.0 Å². The molecule has 1 unspecified atom stereocenters. The summed E-state index contributed by atoms with van der Waals surface area (Å²) in [5.41, 5.74) is 7.03. The van der Waals surface area contributed by atoms with Crippen LogP contribution < -0.4 is 5.73 Å². The van der Waals surface area contributed by atoms with E-state index in [4.69, 9.17) is 10.5 Å². The Morgan fingerprint density at radius 2 is 2.26 bits per heavy atom. The van der Waals surface area contributed by atoms with E-state index in [9.17, 15) is 9.59 Å². The molecule has 1 amide bonds. The first-order valence-electron chi connectivity index (χ1n) is 6.29. The van der Waals surface area contributed by atoms with Crippen molar-refractivity contribution in [2.75, 3.05) is 26.3 Å². The Kier molecular flexibility index (Phi) is 4.29. The van der Waals surface area contributed by atoms with Gasteiger partial charge < -0.3 is 10.5 Å². The molecule has 5 nitrogen and oxygen atoms in total. The van der Waals surface area contributed by atoms with Crippen molar-refractivity contribution in [2.24, 2.45) is 5.73 Å². The minimum absolute atomic E-state index is 0.00292. The monoisotopic (exact) mass is 262 g/mol. The fourth-order valence-corrected chi connectivity index (χ4v) is 2.18. The molecule has 0 saturated carbocycles. The van der Waals surface area contributed by atoms with Gasteiger partial charge in [0.05, 0.1) is 19.8 Å². The summed E-state index contributed by atoms with van der Waals surface area (Å²) in [6.45, 7) is 3.46. The van der Waals surface area contributed by atoms with Crippen molar-refractivity contribution in [3.8, 4) is 0 Å². The van der Waals surface area contributed by atoms with Crippen LogP contribution >= 0.6 is 0 Å². The van der Waals surface area contributed by atoms with Crippen molar-refractivity contribution in [3.05, 3.63) is 35.4 Å². The maximum absolute atomic E-state index is 12.2. The van der Waals surface area contributed by atoms with E-state index < -0.39 is 11.9 Å². The molecule has 1 aromatic rings. The second-order valence-corrected chi connectivity index (χ2v) is 4.76. The molecule has 1 fully saturated rings. The maximum atomic E-state index is 12.2. The first-order valence-corrected chi connectivity index (χ1v) is 6.29. The number of morpholine rings is 1. The fourth-order valence-electron chi connectivity index (χ4n) is 2.18. The average molecular weight is 262 g/mol. The Morgan fingerprint density at radius 3 is 2.95 bits per heavy atom. The number of rotatable bonds is 4. The second kappa shape index (κ2) is 5.95. The molecule has 1 atom stereocenters. The summed E-state index contributed by atoms with van der Waals surface area (Å²) >= 11 is 0. The third-order valence-electron chi connectivity index (χ3n) is 3.25. The third kappa shape index (κ3) is 3.39. The van der Waals surface area contributed by atoms with Crippen molar-refractivity contribution in [3.63, 3.8) is 0 Å². The van der Waals surface area contributed by atoms with Gasteiger partial charge in [0.25, 0.3) is 0 Å². The quantitative estimate of drug-likeness (QED) is 0.795. The molecule has 1 aromatic carbocycles. The molecular formula is C14H18N2O3. The molecule has 0 radical (unpaired) electrons. The number of aryl methyl sites for hydroxylation is 1. The normalized spacial score (nSPS) is 20.2. The molecule has 0 aliphatic carbocycles. The van der Waals surface area contributed by atoms with Crippen LogP contribution in [0.25, 0.3) is 0 Å². The Balaban J connectivity index is 2.07. The van der Waals surface area contributed by atoms with Crippen LogP contribution in [0.3, 0.4) is 0 Å². The van der Waals surface area contributed by atoms with Crippen LogP contribution in [-0.2, 0) is 9.53 Å². The molecule has 0 bridgehead atoms.